The number of aromatic nitrogens is 2. The van der Waals surface area contributed by atoms with Gasteiger partial charge in [-0.1, -0.05) is 12.1 Å². The van der Waals surface area contributed by atoms with Crippen LogP contribution in [0.4, 0.5) is 10.3 Å². The average Bonchev–Trinajstić information content (AvgIpc) is 2.56. The molecule has 0 aliphatic carbocycles. The van der Waals surface area contributed by atoms with E-state index in [-0.39, 0.29) is 5.82 Å². The molecule has 3 rings (SSSR count). The highest BCUT2D eigenvalue weighted by atomic mass is 19.1. The van der Waals surface area contributed by atoms with Gasteiger partial charge < -0.3 is 10.0 Å². The summed E-state index contributed by atoms with van der Waals surface area (Å²) in [5.41, 5.74) is -0.0307. The van der Waals surface area contributed by atoms with E-state index < -0.39 is 5.60 Å². The highest BCUT2D eigenvalue weighted by Gasteiger charge is 2.27. The van der Waals surface area contributed by atoms with Crippen molar-refractivity contribution in [2.75, 3.05) is 18.0 Å². The summed E-state index contributed by atoms with van der Waals surface area (Å²) in [6.45, 7) is 3.63. The lowest BCUT2D eigenvalue weighted by molar-refractivity contribution is 0.101. The van der Waals surface area contributed by atoms with Crippen LogP contribution in [0.25, 0.3) is 0 Å². The molecule has 1 aliphatic heterocycles. The SMILES string of the molecule is C[C@](O)(c1ccc(F)cc1)c1cnc(N2CCCCC2)nc1. The highest BCUT2D eigenvalue weighted by molar-refractivity contribution is 5.36. The van der Waals surface area contributed by atoms with Crippen LogP contribution in [0.1, 0.15) is 37.3 Å². The van der Waals surface area contributed by atoms with E-state index >= 15 is 0 Å². The first-order chi connectivity index (χ1) is 10.6. The van der Waals surface area contributed by atoms with Gasteiger partial charge in [-0.15, -0.1) is 0 Å². The molecular formula is C17H20FN3O. The molecule has 1 aliphatic rings. The smallest absolute Gasteiger partial charge is 0.225 e. The summed E-state index contributed by atoms with van der Waals surface area (Å²) in [6, 6.07) is 5.83. The minimum atomic E-state index is -1.24. The maximum absolute atomic E-state index is 13.0. The van der Waals surface area contributed by atoms with Crippen LogP contribution in [-0.4, -0.2) is 28.2 Å². The number of anilines is 1. The fourth-order valence-electron chi connectivity index (χ4n) is 2.77. The third-order valence-electron chi connectivity index (χ3n) is 4.25. The molecule has 1 atom stereocenters. The lowest BCUT2D eigenvalue weighted by Gasteiger charge is -2.28. The number of halogens is 1. The summed E-state index contributed by atoms with van der Waals surface area (Å²) in [5, 5.41) is 10.7. The number of hydrogen-bond donors (Lipinski definition) is 1. The fraction of sp³-hybridized carbons (Fsp3) is 0.412. The Morgan fingerprint density at radius 3 is 2.18 bits per heavy atom. The fourth-order valence-corrected chi connectivity index (χ4v) is 2.77. The molecule has 2 heterocycles. The standard InChI is InChI=1S/C17H20FN3O/c1-17(22,13-5-7-15(18)8-6-13)14-11-19-16(20-12-14)21-9-3-2-4-10-21/h5-8,11-12,22H,2-4,9-10H2,1H3/t17-/m0/s1. The highest BCUT2D eigenvalue weighted by Crippen LogP contribution is 2.29. The van der Waals surface area contributed by atoms with E-state index in [1.807, 2.05) is 0 Å². The van der Waals surface area contributed by atoms with Crippen molar-refractivity contribution < 1.29 is 9.50 Å². The van der Waals surface area contributed by atoms with E-state index in [4.69, 9.17) is 0 Å². The lowest BCUT2D eigenvalue weighted by Crippen LogP contribution is -2.31. The van der Waals surface area contributed by atoms with Crippen LogP contribution >= 0.6 is 0 Å². The summed E-state index contributed by atoms with van der Waals surface area (Å²) in [6.07, 6.45) is 6.89. The van der Waals surface area contributed by atoms with E-state index in [1.54, 1.807) is 31.5 Å². The van der Waals surface area contributed by atoms with Gasteiger partial charge in [0.15, 0.2) is 0 Å². The topological polar surface area (TPSA) is 49.3 Å². The number of benzene rings is 1. The molecule has 22 heavy (non-hydrogen) atoms. The van der Waals surface area contributed by atoms with Crippen molar-refractivity contribution in [2.24, 2.45) is 0 Å². The monoisotopic (exact) mass is 301 g/mol. The second kappa shape index (κ2) is 6.01. The molecule has 1 fully saturated rings. The Bertz CT molecular complexity index is 619. The zero-order valence-corrected chi connectivity index (χ0v) is 12.7. The van der Waals surface area contributed by atoms with Gasteiger partial charge in [-0.05, 0) is 43.9 Å². The van der Waals surface area contributed by atoms with Crippen LogP contribution in [0.2, 0.25) is 0 Å². The number of piperidine rings is 1. The third-order valence-corrected chi connectivity index (χ3v) is 4.25. The summed E-state index contributed by atoms with van der Waals surface area (Å²) in [4.78, 5) is 11.0. The van der Waals surface area contributed by atoms with Crippen molar-refractivity contribution in [1.82, 2.24) is 9.97 Å². The molecule has 4 nitrogen and oxygen atoms in total. The predicted molar refractivity (Wildman–Crippen MR) is 83.2 cm³/mol. The maximum atomic E-state index is 13.0. The van der Waals surface area contributed by atoms with E-state index in [0.29, 0.717) is 17.1 Å². The van der Waals surface area contributed by atoms with Crippen LogP contribution in [-0.2, 0) is 5.60 Å². The molecule has 0 saturated carbocycles. The van der Waals surface area contributed by atoms with Gasteiger partial charge in [-0.3, -0.25) is 0 Å². The Labute approximate surface area is 129 Å². The summed E-state index contributed by atoms with van der Waals surface area (Å²) < 4.78 is 13.0. The quantitative estimate of drug-likeness (QED) is 0.947. The number of hydrogen-bond acceptors (Lipinski definition) is 4. The first-order valence-electron chi connectivity index (χ1n) is 7.63. The number of aliphatic hydroxyl groups is 1. The van der Waals surface area contributed by atoms with Crippen molar-refractivity contribution in [3.63, 3.8) is 0 Å². The Morgan fingerprint density at radius 2 is 1.59 bits per heavy atom. The van der Waals surface area contributed by atoms with Gasteiger partial charge in [-0.25, -0.2) is 14.4 Å². The molecule has 0 spiro atoms. The molecule has 1 saturated heterocycles. The molecule has 0 amide bonds. The largest absolute Gasteiger partial charge is 0.381 e. The molecule has 0 bridgehead atoms. The molecule has 1 aromatic carbocycles. The summed E-state index contributed by atoms with van der Waals surface area (Å²) >= 11 is 0. The van der Waals surface area contributed by atoms with Crippen molar-refractivity contribution in [3.05, 3.63) is 53.6 Å². The van der Waals surface area contributed by atoms with Gasteiger partial charge in [0.25, 0.3) is 0 Å². The first-order valence-corrected chi connectivity index (χ1v) is 7.63. The van der Waals surface area contributed by atoms with Crippen molar-refractivity contribution in [1.29, 1.82) is 0 Å². The van der Waals surface area contributed by atoms with Gasteiger partial charge in [0.05, 0.1) is 0 Å². The first kappa shape index (κ1) is 14.9. The van der Waals surface area contributed by atoms with Gasteiger partial charge in [-0.2, -0.15) is 0 Å². The molecule has 116 valence electrons. The Hall–Kier alpha value is -2.01. The maximum Gasteiger partial charge on any atom is 0.225 e. The van der Waals surface area contributed by atoms with E-state index in [9.17, 15) is 9.50 Å². The van der Waals surface area contributed by atoms with Gasteiger partial charge in [0.2, 0.25) is 5.95 Å². The van der Waals surface area contributed by atoms with Gasteiger partial charge in [0, 0.05) is 31.0 Å². The van der Waals surface area contributed by atoms with Gasteiger partial charge >= 0.3 is 0 Å². The zero-order chi connectivity index (χ0) is 15.6. The molecule has 0 unspecified atom stereocenters. The molecular weight excluding hydrogens is 281 g/mol. The minimum Gasteiger partial charge on any atom is -0.381 e. The molecule has 2 aromatic rings. The molecule has 0 radical (unpaired) electrons. The Morgan fingerprint density at radius 1 is 1.00 bits per heavy atom. The van der Waals surface area contributed by atoms with Crippen molar-refractivity contribution in [2.45, 2.75) is 31.8 Å². The molecule has 5 heteroatoms. The van der Waals surface area contributed by atoms with Crippen LogP contribution in [0.5, 0.6) is 0 Å². The van der Waals surface area contributed by atoms with Crippen LogP contribution in [0, 0.1) is 5.82 Å². The van der Waals surface area contributed by atoms with Crippen molar-refractivity contribution in [3.8, 4) is 0 Å². The minimum absolute atomic E-state index is 0.323. The second-order valence-corrected chi connectivity index (χ2v) is 5.90. The van der Waals surface area contributed by atoms with Crippen LogP contribution < -0.4 is 4.90 Å². The number of rotatable bonds is 3. The normalized spacial score (nSPS) is 18.0. The van der Waals surface area contributed by atoms with Gasteiger partial charge in [0.1, 0.15) is 11.4 Å². The van der Waals surface area contributed by atoms with Crippen LogP contribution in [0.3, 0.4) is 0 Å². The van der Waals surface area contributed by atoms with Crippen LogP contribution in [0.15, 0.2) is 36.7 Å². The number of nitrogens with zero attached hydrogens (tertiary/aromatic N) is 3. The van der Waals surface area contributed by atoms with Crippen molar-refractivity contribution >= 4 is 5.95 Å². The Kier molecular flexibility index (Phi) is 4.07. The molecule has 1 aromatic heterocycles. The second-order valence-electron chi connectivity index (χ2n) is 5.90. The molecule has 1 N–H and O–H groups in total. The van der Waals surface area contributed by atoms with E-state index in [0.717, 1.165) is 13.1 Å². The zero-order valence-electron chi connectivity index (χ0n) is 12.7. The summed E-state index contributed by atoms with van der Waals surface area (Å²) in [7, 11) is 0. The van der Waals surface area contributed by atoms with E-state index in [1.165, 1.54) is 31.4 Å². The third kappa shape index (κ3) is 2.95. The Balaban J connectivity index is 1.83. The average molecular weight is 301 g/mol. The predicted octanol–water partition coefficient (Wildman–Crippen LogP) is 2.86. The lowest BCUT2D eigenvalue weighted by atomic mass is 9.90. The summed E-state index contributed by atoms with van der Waals surface area (Å²) in [5.74, 6) is 0.384. The van der Waals surface area contributed by atoms with E-state index in [2.05, 4.69) is 14.9 Å².